The van der Waals surface area contributed by atoms with Crippen molar-refractivity contribution in [2.24, 2.45) is 4.99 Å². The van der Waals surface area contributed by atoms with Gasteiger partial charge in [-0.25, -0.2) is 4.99 Å². The molecule has 2 aromatic carbocycles. The van der Waals surface area contributed by atoms with Gasteiger partial charge in [0.1, 0.15) is 23.9 Å². The van der Waals surface area contributed by atoms with Gasteiger partial charge >= 0.3 is 0 Å². The predicted octanol–water partition coefficient (Wildman–Crippen LogP) is 4.30. The van der Waals surface area contributed by atoms with Crippen molar-refractivity contribution in [3.05, 3.63) is 53.1 Å². The summed E-state index contributed by atoms with van der Waals surface area (Å²) in [5.74, 6) is 3.09. The van der Waals surface area contributed by atoms with E-state index in [9.17, 15) is 0 Å². The molecule has 0 heterocycles. The lowest BCUT2D eigenvalue weighted by Crippen LogP contribution is -2.36. The molecule has 0 bridgehead atoms. The number of halogens is 1. The van der Waals surface area contributed by atoms with Crippen LogP contribution in [0.4, 0.5) is 0 Å². The molecule has 0 amide bonds. The highest BCUT2D eigenvalue weighted by Gasteiger charge is 2.08. The molecule has 178 valence electrons. The topological polar surface area (TPSA) is 73.3 Å². The van der Waals surface area contributed by atoms with Gasteiger partial charge in [0.2, 0.25) is 0 Å². The Morgan fingerprint density at radius 1 is 0.906 bits per heavy atom. The SMILES string of the molecule is CCNC(=NCc1ccc(OC)cc1OC)NCc1ccc(C)cc1OCCOCC.I. The minimum atomic E-state index is 0. The number of benzene rings is 2. The lowest BCUT2D eigenvalue weighted by molar-refractivity contribution is 0.110. The maximum atomic E-state index is 5.94. The van der Waals surface area contributed by atoms with E-state index < -0.39 is 0 Å². The van der Waals surface area contributed by atoms with Crippen molar-refractivity contribution < 1.29 is 18.9 Å². The van der Waals surface area contributed by atoms with Crippen molar-refractivity contribution in [2.45, 2.75) is 33.9 Å². The van der Waals surface area contributed by atoms with Crippen molar-refractivity contribution in [3.63, 3.8) is 0 Å². The monoisotopic (exact) mass is 557 g/mol. The Balaban J connectivity index is 0.00000512. The van der Waals surface area contributed by atoms with Crippen molar-refractivity contribution in [1.29, 1.82) is 0 Å². The first kappa shape index (κ1) is 27.8. The van der Waals surface area contributed by atoms with Crippen molar-refractivity contribution in [3.8, 4) is 17.2 Å². The highest BCUT2D eigenvalue weighted by molar-refractivity contribution is 14.0. The highest BCUT2D eigenvalue weighted by Crippen LogP contribution is 2.25. The van der Waals surface area contributed by atoms with Crippen molar-refractivity contribution >= 4 is 29.9 Å². The Morgan fingerprint density at radius 2 is 1.69 bits per heavy atom. The summed E-state index contributed by atoms with van der Waals surface area (Å²) in [7, 11) is 3.29. The predicted molar refractivity (Wildman–Crippen MR) is 140 cm³/mol. The van der Waals surface area contributed by atoms with Crippen LogP contribution >= 0.6 is 24.0 Å². The van der Waals surface area contributed by atoms with Crippen LogP contribution in [0.25, 0.3) is 0 Å². The van der Waals surface area contributed by atoms with Gasteiger partial charge < -0.3 is 29.6 Å². The number of methoxy groups -OCH3 is 2. The third kappa shape index (κ3) is 9.12. The molecule has 0 unspecified atom stereocenters. The number of nitrogens with one attached hydrogen (secondary N) is 2. The number of nitrogens with zero attached hydrogens (tertiary/aromatic N) is 1. The molecule has 0 aliphatic carbocycles. The smallest absolute Gasteiger partial charge is 0.191 e. The molecule has 2 N–H and O–H groups in total. The lowest BCUT2D eigenvalue weighted by Gasteiger charge is -2.16. The standard InChI is InChI=1S/C24H35N3O4.HI/c1-6-25-24(26-16-19-10-11-21(28-4)15-22(19)29-5)27-17-20-9-8-18(3)14-23(20)31-13-12-30-7-2;/h8-11,14-15H,6-7,12-13,16-17H2,1-5H3,(H2,25,26,27);1H. The molecule has 8 heteroatoms. The third-order valence-electron chi connectivity index (χ3n) is 4.60. The first-order valence-corrected chi connectivity index (χ1v) is 10.6. The zero-order chi connectivity index (χ0) is 22.5. The van der Waals surface area contributed by atoms with Gasteiger partial charge in [-0.3, -0.25) is 0 Å². The Bertz CT molecular complexity index is 846. The van der Waals surface area contributed by atoms with Gasteiger partial charge in [-0.05, 0) is 44.5 Å². The Morgan fingerprint density at radius 3 is 2.38 bits per heavy atom. The molecule has 2 aromatic rings. The minimum absolute atomic E-state index is 0. The van der Waals surface area contributed by atoms with Crippen LogP contribution in [0.1, 0.15) is 30.5 Å². The molecule has 0 radical (unpaired) electrons. The van der Waals surface area contributed by atoms with E-state index in [1.54, 1.807) is 14.2 Å². The second-order valence-electron chi connectivity index (χ2n) is 6.88. The fourth-order valence-corrected chi connectivity index (χ4v) is 2.96. The second kappa shape index (κ2) is 15.6. The van der Waals surface area contributed by atoms with E-state index >= 15 is 0 Å². The van der Waals surface area contributed by atoms with Crippen LogP contribution in [0.2, 0.25) is 0 Å². The molecular weight excluding hydrogens is 521 g/mol. The number of hydrogen-bond donors (Lipinski definition) is 2. The summed E-state index contributed by atoms with van der Waals surface area (Å²) < 4.78 is 22.1. The molecule has 0 aromatic heterocycles. The molecule has 0 saturated carbocycles. The van der Waals surface area contributed by atoms with E-state index in [1.165, 1.54) is 0 Å². The Kier molecular flexibility index (Phi) is 13.5. The van der Waals surface area contributed by atoms with E-state index in [0.29, 0.717) is 32.9 Å². The molecular formula is C24H36IN3O4. The number of guanidine groups is 1. The fraction of sp³-hybridized carbons (Fsp3) is 0.458. The van der Waals surface area contributed by atoms with Gasteiger partial charge in [-0.1, -0.05) is 12.1 Å². The summed E-state index contributed by atoms with van der Waals surface area (Å²) >= 11 is 0. The quantitative estimate of drug-likeness (QED) is 0.176. The van der Waals surface area contributed by atoms with Crippen LogP contribution < -0.4 is 24.8 Å². The number of ether oxygens (including phenoxy) is 4. The molecule has 0 spiro atoms. The van der Waals surface area contributed by atoms with E-state index in [0.717, 1.165) is 46.4 Å². The summed E-state index contributed by atoms with van der Waals surface area (Å²) in [5.41, 5.74) is 3.20. The van der Waals surface area contributed by atoms with Gasteiger partial charge in [0.05, 0.1) is 27.4 Å². The number of aryl methyl sites for hydroxylation is 1. The van der Waals surface area contributed by atoms with E-state index in [1.807, 2.05) is 32.0 Å². The van der Waals surface area contributed by atoms with Crippen LogP contribution in [-0.2, 0) is 17.8 Å². The van der Waals surface area contributed by atoms with E-state index in [2.05, 4.69) is 35.8 Å². The molecule has 0 aliphatic heterocycles. The zero-order valence-corrected chi connectivity index (χ0v) is 22.0. The molecule has 0 saturated heterocycles. The van der Waals surface area contributed by atoms with E-state index in [-0.39, 0.29) is 24.0 Å². The first-order chi connectivity index (χ1) is 15.1. The summed E-state index contributed by atoms with van der Waals surface area (Å²) in [5, 5.41) is 6.68. The van der Waals surface area contributed by atoms with Crippen LogP contribution in [0.15, 0.2) is 41.4 Å². The van der Waals surface area contributed by atoms with Gasteiger partial charge in [-0.2, -0.15) is 0 Å². The molecule has 2 rings (SSSR count). The maximum Gasteiger partial charge on any atom is 0.191 e. The van der Waals surface area contributed by atoms with Crippen LogP contribution in [0.5, 0.6) is 17.2 Å². The summed E-state index contributed by atoms with van der Waals surface area (Å²) in [6, 6.07) is 12.0. The van der Waals surface area contributed by atoms with Crippen LogP contribution in [0, 0.1) is 6.92 Å². The average Bonchev–Trinajstić information content (AvgIpc) is 2.79. The van der Waals surface area contributed by atoms with E-state index in [4.69, 9.17) is 23.9 Å². The highest BCUT2D eigenvalue weighted by atomic mass is 127. The molecule has 32 heavy (non-hydrogen) atoms. The van der Waals surface area contributed by atoms with Crippen LogP contribution in [0.3, 0.4) is 0 Å². The van der Waals surface area contributed by atoms with Crippen molar-refractivity contribution in [1.82, 2.24) is 10.6 Å². The fourth-order valence-electron chi connectivity index (χ4n) is 2.96. The lowest BCUT2D eigenvalue weighted by atomic mass is 10.1. The molecule has 0 atom stereocenters. The molecule has 7 nitrogen and oxygen atoms in total. The molecule has 0 aliphatic rings. The largest absolute Gasteiger partial charge is 0.497 e. The summed E-state index contributed by atoms with van der Waals surface area (Å²) in [6.45, 7) is 9.69. The van der Waals surface area contributed by atoms with Gasteiger partial charge in [-0.15, -0.1) is 24.0 Å². The van der Waals surface area contributed by atoms with Gasteiger partial charge in [0.15, 0.2) is 5.96 Å². The normalized spacial score (nSPS) is 10.8. The number of aliphatic imine (C=N–C) groups is 1. The Hall–Kier alpha value is -2.20. The average molecular weight is 557 g/mol. The maximum absolute atomic E-state index is 5.94. The second-order valence-corrected chi connectivity index (χ2v) is 6.88. The van der Waals surface area contributed by atoms with Gasteiger partial charge in [0.25, 0.3) is 0 Å². The molecule has 0 fully saturated rings. The van der Waals surface area contributed by atoms with Crippen LogP contribution in [-0.4, -0.2) is 46.5 Å². The minimum Gasteiger partial charge on any atom is -0.497 e. The third-order valence-corrected chi connectivity index (χ3v) is 4.60. The zero-order valence-electron chi connectivity index (χ0n) is 19.7. The Labute approximate surface area is 208 Å². The summed E-state index contributed by atoms with van der Waals surface area (Å²) in [4.78, 5) is 4.71. The number of hydrogen-bond acceptors (Lipinski definition) is 5. The first-order valence-electron chi connectivity index (χ1n) is 10.6. The number of rotatable bonds is 12. The van der Waals surface area contributed by atoms with Gasteiger partial charge in [0, 0.05) is 36.9 Å². The van der Waals surface area contributed by atoms with Crippen molar-refractivity contribution in [2.75, 3.05) is 40.6 Å². The summed E-state index contributed by atoms with van der Waals surface area (Å²) in [6.07, 6.45) is 0.